The second-order valence-corrected chi connectivity index (χ2v) is 12.0. The van der Waals surface area contributed by atoms with Crippen molar-refractivity contribution in [3.05, 3.63) is 71.8 Å². The number of amides is 3. The minimum atomic E-state index is -3.49. The second-order valence-electron chi connectivity index (χ2n) is 9.94. The van der Waals surface area contributed by atoms with Crippen LogP contribution in [0.4, 0.5) is 22.7 Å². The predicted octanol–water partition coefficient (Wildman–Crippen LogP) is 3.80. The summed E-state index contributed by atoms with van der Waals surface area (Å²) in [6.45, 7) is 1.84. The fourth-order valence-corrected chi connectivity index (χ4v) is 5.45. The molecule has 3 aromatic carbocycles. The number of sulfonamides is 1. The largest absolute Gasteiger partial charge is 0.353 e. The lowest BCUT2D eigenvalue weighted by molar-refractivity contribution is -0.127. The van der Waals surface area contributed by atoms with Crippen LogP contribution in [0.2, 0.25) is 0 Å². The minimum Gasteiger partial charge on any atom is -0.353 e. The third-order valence-electron chi connectivity index (χ3n) is 7.18. The molecule has 10 nitrogen and oxygen atoms in total. The predicted molar refractivity (Wildman–Crippen MR) is 156 cm³/mol. The van der Waals surface area contributed by atoms with E-state index in [1.165, 1.54) is 11.4 Å². The zero-order chi connectivity index (χ0) is 28.4. The third-order valence-corrected chi connectivity index (χ3v) is 8.37. The molecule has 0 saturated carbocycles. The first-order chi connectivity index (χ1) is 19.1. The Kier molecular flexibility index (Phi) is 7.49. The van der Waals surface area contributed by atoms with Crippen LogP contribution in [0.5, 0.6) is 0 Å². The molecular formula is C29H31N5O5S. The second kappa shape index (κ2) is 11.0. The lowest BCUT2D eigenvalue weighted by Gasteiger charge is -2.21. The number of hydrogen-bond donors (Lipinski definition) is 3. The smallest absolute Gasteiger partial charge is 0.257 e. The van der Waals surface area contributed by atoms with Crippen molar-refractivity contribution in [2.24, 2.45) is 0 Å². The Hall–Kier alpha value is -4.38. The highest BCUT2D eigenvalue weighted by Crippen LogP contribution is 2.37. The number of carbonyl (C=O) groups is 3. The number of para-hydroxylation sites is 1. The van der Waals surface area contributed by atoms with Gasteiger partial charge in [-0.3, -0.25) is 18.7 Å². The van der Waals surface area contributed by atoms with Crippen molar-refractivity contribution in [2.75, 3.05) is 47.9 Å². The van der Waals surface area contributed by atoms with Gasteiger partial charge in [0.2, 0.25) is 15.9 Å². The molecule has 1 saturated heterocycles. The first-order valence-electron chi connectivity index (χ1n) is 13.1. The Bertz CT molecular complexity index is 1600. The summed E-state index contributed by atoms with van der Waals surface area (Å²) in [7, 11) is -1.99. The minimum absolute atomic E-state index is 0.166. The topological polar surface area (TPSA) is 128 Å². The molecular weight excluding hydrogens is 530 g/mol. The first kappa shape index (κ1) is 27.2. The van der Waals surface area contributed by atoms with Crippen molar-refractivity contribution < 1.29 is 22.8 Å². The molecule has 2 aliphatic rings. The summed E-state index contributed by atoms with van der Waals surface area (Å²) in [6.07, 6.45) is 3.30. The average molecular weight is 562 g/mol. The van der Waals surface area contributed by atoms with Gasteiger partial charge in [-0.25, -0.2) is 8.42 Å². The SMILES string of the molecule is CN(c1ccccc1-c1ccc2c(c1)Nc1cc(C(=O)NCCCN3CCCC3=O)ccc1NC2=O)S(C)(=O)=O. The van der Waals surface area contributed by atoms with Crippen molar-refractivity contribution in [3.8, 4) is 11.1 Å². The fourth-order valence-electron chi connectivity index (χ4n) is 4.93. The number of nitrogens with zero attached hydrogens (tertiary/aromatic N) is 2. The molecule has 5 rings (SSSR count). The van der Waals surface area contributed by atoms with Gasteiger partial charge in [0.15, 0.2) is 0 Å². The van der Waals surface area contributed by atoms with E-state index in [9.17, 15) is 22.8 Å². The summed E-state index contributed by atoms with van der Waals surface area (Å²) in [5, 5.41) is 9.07. The van der Waals surface area contributed by atoms with Crippen molar-refractivity contribution >= 4 is 50.5 Å². The number of likely N-dealkylation sites (tertiary alicyclic amines) is 1. The fraction of sp³-hybridized carbons (Fsp3) is 0.276. The summed E-state index contributed by atoms with van der Waals surface area (Å²) < 4.78 is 25.7. The van der Waals surface area contributed by atoms with Gasteiger partial charge in [-0.15, -0.1) is 0 Å². The molecule has 3 amide bonds. The summed E-state index contributed by atoms with van der Waals surface area (Å²) >= 11 is 0. The van der Waals surface area contributed by atoms with Crippen LogP contribution in [0.1, 0.15) is 40.0 Å². The van der Waals surface area contributed by atoms with E-state index in [-0.39, 0.29) is 17.7 Å². The Balaban J connectivity index is 1.37. The van der Waals surface area contributed by atoms with E-state index in [2.05, 4.69) is 16.0 Å². The summed E-state index contributed by atoms with van der Waals surface area (Å²) in [4.78, 5) is 39.4. The van der Waals surface area contributed by atoms with Crippen LogP contribution in [0.3, 0.4) is 0 Å². The Morgan fingerprint density at radius 2 is 1.77 bits per heavy atom. The van der Waals surface area contributed by atoms with Gasteiger partial charge in [0.05, 0.1) is 34.6 Å². The molecule has 0 aliphatic carbocycles. The Labute approximate surface area is 233 Å². The standard InChI is InChI=1S/C29H31N5O5S/c1-33(40(2,38)39)26-8-4-3-7-21(26)19-10-12-22-24(17-19)31-25-18-20(11-13-23(25)32-29(22)37)28(36)30-14-6-16-34-15-5-9-27(34)35/h3-4,7-8,10-13,17-18,31H,5-6,9,14-16H2,1-2H3,(H,30,36)(H,32,37). The monoisotopic (exact) mass is 561 g/mol. The summed E-state index contributed by atoms with van der Waals surface area (Å²) in [5.41, 5.74) is 4.38. The molecule has 0 spiro atoms. The van der Waals surface area contributed by atoms with Crippen LogP contribution in [0, 0.1) is 0 Å². The number of benzene rings is 3. The molecule has 0 bridgehead atoms. The molecule has 0 aromatic heterocycles. The highest BCUT2D eigenvalue weighted by atomic mass is 32.2. The van der Waals surface area contributed by atoms with Gasteiger partial charge in [0.25, 0.3) is 11.8 Å². The van der Waals surface area contributed by atoms with Gasteiger partial charge in [0.1, 0.15) is 0 Å². The normalized spacial score (nSPS) is 14.5. The van der Waals surface area contributed by atoms with Gasteiger partial charge < -0.3 is 20.9 Å². The number of hydrogen-bond acceptors (Lipinski definition) is 6. The lowest BCUT2D eigenvalue weighted by Crippen LogP contribution is -2.30. The van der Waals surface area contributed by atoms with E-state index < -0.39 is 10.0 Å². The molecule has 0 atom stereocenters. The summed E-state index contributed by atoms with van der Waals surface area (Å²) in [6, 6.07) is 17.4. The molecule has 3 N–H and O–H groups in total. The molecule has 11 heteroatoms. The van der Waals surface area contributed by atoms with Gasteiger partial charge in [-0.1, -0.05) is 24.3 Å². The number of anilines is 4. The molecule has 40 heavy (non-hydrogen) atoms. The van der Waals surface area contributed by atoms with E-state index >= 15 is 0 Å². The maximum Gasteiger partial charge on any atom is 0.257 e. The quantitative estimate of drug-likeness (QED) is 0.359. The van der Waals surface area contributed by atoms with E-state index in [1.807, 2.05) is 17.0 Å². The van der Waals surface area contributed by atoms with Crippen molar-refractivity contribution in [1.82, 2.24) is 10.2 Å². The van der Waals surface area contributed by atoms with Crippen molar-refractivity contribution in [3.63, 3.8) is 0 Å². The number of fused-ring (bicyclic) bond motifs is 2. The molecule has 208 valence electrons. The van der Waals surface area contributed by atoms with E-state index in [1.54, 1.807) is 48.5 Å². The zero-order valence-electron chi connectivity index (χ0n) is 22.4. The van der Waals surface area contributed by atoms with Gasteiger partial charge in [0, 0.05) is 44.2 Å². The van der Waals surface area contributed by atoms with Crippen LogP contribution in [0.25, 0.3) is 11.1 Å². The molecule has 1 fully saturated rings. The van der Waals surface area contributed by atoms with Crippen LogP contribution in [-0.4, -0.2) is 64.0 Å². The maximum absolute atomic E-state index is 13.0. The third kappa shape index (κ3) is 5.64. The van der Waals surface area contributed by atoms with Gasteiger partial charge >= 0.3 is 0 Å². The van der Waals surface area contributed by atoms with Gasteiger partial charge in [-0.05, 0) is 54.8 Å². The van der Waals surface area contributed by atoms with Crippen LogP contribution < -0.4 is 20.3 Å². The van der Waals surface area contributed by atoms with E-state index in [0.29, 0.717) is 65.4 Å². The average Bonchev–Trinajstić information content (AvgIpc) is 3.28. The Morgan fingerprint density at radius 1 is 0.975 bits per heavy atom. The van der Waals surface area contributed by atoms with Crippen LogP contribution >= 0.6 is 0 Å². The molecule has 2 heterocycles. The highest BCUT2D eigenvalue weighted by Gasteiger charge is 2.23. The van der Waals surface area contributed by atoms with Crippen LogP contribution in [-0.2, 0) is 14.8 Å². The number of carbonyl (C=O) groups excluding carboxylic acids is 3. The maximum atomic E-state index is 13.0. The number of rotatable bonds is 8. The zero-order valence-corrected chi connectivity index (χ0v) is 23.2. The highest BCUT2D eigenvalue weighted by molar-refractivity contribution is 7.92. The van der Waals surface area contributed by atoms with Crippen molar-refractivity contribution in [2.45, 2.75) is 19.3 Å². The first-order valence-corrected chi connectivity index (χ1v) is 14.9. The molecule has 0 unspecified atom stereocenters. The number of nitrogens with one attached hydrogen (secondary N) is 3. The summed E-state index contributed by atoms with van der Waals surface area (Å²) in [5.74, 6) is -0.387. The van der Waals surface area contributed by atoms with E-state index in [4.69, 9.17) is 0 Å². The van der Waals surface area contributed by atoms with Crippen molar-refractivity contribution in [1.29, 1.82) is 0 Å². The van der Waals surface area contributed by atoms with Gasteiger partial charge in [-0.2, -0.15) is 0 Å². The molecule has 3 aromatic rings. The van der Waals surface area contributed by atoms with E-state index in [0.717, 1.165) is 24.8 Å². The lowest BCUT2D eigenvalue weighted by atomic mass is 10.0. The van der Waals surface area contributed by atoms with Crippen LogP contribution in [0.15, 0.2) is 60.7 Å². The Morgan fingerprint density at radius 3 is 2.52 bits per heavy atom. The molecule has 2 aliphatic heterocycles. The molecule has 0 radical (unpaired) electrons.